The van der Waals surface area contributed by atoms with E-state index in [-0.39, 0.29) is 17.9 Å². The molecule has 190 valence electrons. The highest BCUT2D eigenvalue weighted by atomic mass is 35.5. The van der Waals surface area contributed by atoms with E-state index in [9.17, 15) is 9.59 Å². The molecule has 3 aromatic rings. The molecule has 3 N–H and O–H groups in total. The Hall–Kier alpha value is -3.61. The van der Waals surface area contributed by atoms with Crippen LogP contribution in [0.5, 0.6) is 0 Å². The van der Waals surface area contributed by atoms with E-state index in [4.69, 9.17) is 11.6 Å². The van der Waals surface area contributed by atoms with Crippen molar-refractivity contribution in [3.8, 4) is 0 Å². The van der Waals surface area contributed by atoms with Crippen molar-refractivity contribution in [2.45, 2.75) is 38.8 Å². The van der Waals surface area contributed by atoms with Crippen LogP contribution in [0.2, 0.25) is 5.02 Å². The van der Waals surface area contributed by atoms with Gasteiger partial charge in [-0.25, -0.2) is 0 Å². The van der Waals surface area contributed by atoms with Crippen LogP contribution in [0.15, 0.2) is 72.9 Å². The lowest BCUT2D eigenvalue weighted by molar-refractivity contribution is -0.110. The van der Waals surface area contributed by atoms with E-state index < -0.39 is 0 Å². The summed E-state index contributed by atoms with van der Waals surface area (Å²) in [5.41, 5.74) is 5.52. The zero-order valence-electron chi connectivity index (χ0n) is 20.9. The van der Waals surface area contributed by atoms with Gasteiger partial charge in [0.25, 0.3) is 11.8 Å². The number of halogens is 1. The summed E-state index contributed by atoms with van der Waals surface area (Å²) in [5, 5.41) is 9.80. The van der Waals surface area contributed by atoms with E-state index >= 15 is 0 Å². The molecule has 1 saturated heterocycles. The molecule has 2 aliphatic rings. The molecule has 5 rings (SSSR count). The third-order valence-corrected chi connectivity index (χ3v) is 7.23. The minimum atomic E-state index is -0.207. The monoisotopic (exact) mass is 514 g/mol. The quantitative estimate of drug-likeness (QED) is 0.327. The molecular weight excluding hydrogens is 484 g/mol. The second kappa shape index (κ2) is 11.2. The number of nitrogens with one attached hydrogen (secondary N) is 3. The van der Waals surface area contributed by atoms with Gasteiger partial charge in [0.1, 0.15) is 0 Å². The number of carbonyl (C=O) groups is 2. The summed E-state index contributed by atoms with van der Waals surface area (Å²) in [6.45, 7) is 5.23. The van der Waals surface area contributed by atoms with Gasteiger partial charge in [-0.3, -0.25) is 14.5 Å². The van der Waals surface area contributed by atoms with Gasteiger partial charge in [0.2, 0.25) is 0 Å². The second-order valence-corrected chi connectivity index (χ2v) is 10.1. The molecule has 0 radical (unpaired) electrons. The third-order valence-electron chi connectivity index (χ3n) is 6.97. The van der Waals surface area contributed by atoms with Crippen LogP contribution in [0.3, 0.4) is 0 Å². The lowest BCUT2D eigenvalue weighted by atomic mass is 10.0. The maximum atomic E-state index is 13.0. The maximum Gasteiger partial charge on any atom is 0.257 e. The van der Waals surface area contributed by atoms with Gasteiger partial charge >= 0.3 is 0 Å². The van der Waals surface area contributed by atoms with E-state index in [1.54, 1.807) is 36.5 Å². The zero-order chi connectivity index (χ0) is 25.8. The molecule has 0 saturated carbocycles. The van der Waals surface area contributed by atoms with Crippen LogP contribution in [0.1, 0.15) is 59.3 Å². The average molecular weight is 515 g/mol. The van der Waals surface area contributed by atoms with Crippen molar-refractivity contribution in [1.82, 2.24) is 10.2 Å². The number of amides is 2. The highest BCUT2D eigenvalue weighted by molar-refractivity contribution is 6.32. The minimum Gasteiger partial charge on any atom is -0.361 e. The standard InChI is InChI=1S/C30H31ClN4O2/c1-20(22-7-10-24(31)11-8-22)33-29(36)23-9-14-28-26(17-23)27(30(37)34-28)18-32-25-12-5-21(6-13-25)19-35-15-3-2-4-16-35/h5-14,17-18,20,32H,2-4,15-16,19H2,1H3,(H,33,36)(H,34,37)/t20-/m1/s1. The molecule has 2 aliphatic heterocycles. The Labute approximate surface area is 222 Å². The summed E-state index contributed by atoms with van der Waals surface area (Å²) < 4.78 is 0. The molecule has 2 heterocycles. The number of benzene rings is 3. The van der Waals surface area contributed by atoms with Crippen LogP contribution >= 0.6 is 11.6 Å². The first-order chi connectivity index (χ1) is 18.0. The van der Waals surface area contributed by atoms with E-state index in [0.717, 1.165) is 17.8 Å². The van der Waals surface area contributed by atoms with Gasteiger partial charge in [0, 0.05) is 40.3 Å². The van der Waals surface area contributed by atoms with Gasteiger partial charge in [-0.05, 0) is 86.4 Å². The molecule has 37 heavy (non-hydrogen) atoms. The van der Waals surface area contributed by atoms with Crippen molar-refractivity contribution >= 4 is 40.4 Å². The van der Waals surface area contributed by atoms with Gasteiger partial charge < -0.3 is 16.0 Å². The Bertz CT molecular complexity index is 1310. The van der Waals surface area contributed by atoms with Crippen molar-refractivity contribution < 1.29 is 9.59 Å². The van der Waals surface area contributed by atoms with Crippen LogP contribution in [0.25, 0.3) is 5.57 Å². The van der Waals surface area contributed by atoms with E-state index in [0.29, 0.717) is 27.4 Å². The molecule has 2 amide bonds. The molecule has 3 aromatic carbocycles. The Balaban J connectivity index is 1.26. The molecule has 7 heteroatoms. The number of likely N-dealkylation sites (tertiary alicyclic amines) is 1. The van der Waals surface area contributed by atoms with Gasteiger partial charge in [-0.1, -0.05) is 42.3 Å². The molecule has 0 spiro atoms. The van der Waals surface area contributed by atoms with Crippen LogP contribution in [0.4, 0.5) is 11.4 Å². The maximum absolute atomic E-state index is 13.0. The number of anilines is 2. The molecule has 0 aliphatic carbocycles. The van der Waals surface area contributed by atoms with Crippen molar-refractivity contribution in [2.75, 3.05) is 23.7 Å². The van der Waals surface area contributed by atoms with Crippen LogP contribution in [0, 0.1) is 0 Å². The van der Waals surface area contributed by atoms with Gasteiger partial charge in [0.15, 0.2) is 0 Å². The van der Waals surface area contributed by atoms with Crippen LogP contribution in [-0.2, 0) is 11.3 Å². The number of hydrogen-bond donors (Lipinski definition) is 3. The molecule has 0 aromatic heterocycles. The SMILES string of the molecule is C[C@@H](NC(=O)c1ccc2c(c1)C(=CNc1ccc(CN3CCCCC3)cc1)C(=O)N2)c1ccc(Cl)cc1. The number of piperidine rings is 1. The summed E-state index contributed by atoms with van der Waals surface area (Å²) in [6, 6.07) is 20.8. The van der Waals surface area contributed by atoms with Crippen molar-refractivity contribution in [1.29, 1.82) is 0 Å². The largest absolute Gasteiger partial charge is 0.361 e. The van der Waals surface area contributed by atoms with Crippen molar-refractivity contribution in [3.05, 3.63) is 100 Å². The van der Waals surface area contributed by atoms with Crippen molar-refractivity contribution in [3.63, 3.8) is 0 Å². The fraction of sp³-hybridized carbons (Fsp3) is 0.267. The first-order valence-electron chi connectivity index (χ1n) is 12.8. The lowest BCUT2D eigenvalue weighted by Gasteiger charge is -2.26. The Morgan fingerprint density at radius 2 is 1.76 bits per heavy atom. The first-order valence-corrected chi connectivity index (χ1v) is 13.1. The highest BCUT2D eigenvalue weighted by Gasteiger charge is 2.25. The predicted molar refractivity (Wildman–Crippen MR) is 150 cm³/mol. The summed E-state index contributed by atoms with van der Waals surface area (Å²) >= 11 is 5.97. The van der Waals surface area contributed by atoms with E-state index in [1.165, 1.54) is 37.9 Å². The van der Waals surface area contributed by atoms with Crippen LogP contribution in [-0.4, -0.2) is 29.8 Å². The number of hydrogen-bond acceptors (Lipinski definition) is 4. The molecule has 1 atom stereocenters. The van der Waals surface area contributed by atoms with Crippen LogP contribution < -0.4 is 16.0 Å². The summed E-state index contributed by atoms with van der Waals surface area (Å²) in [4.78, 5) is 28.1. The number of fused-ring (bicyclic) bond motifs is 1. The van der Waals surface area contributed by atoms with Gasteiger partial charge in [-0.15, -0.1) is 0 Å². The van der Waals surface area contributed by atoms with E-state index in [1.807, 2.05) is 31.2 Å². The number of carbonyl (C=O) groups excluding carboxylic acids is 2. The highest BCUT2D eigenvalue weighted by Crippen LogP contribution is 2.33. The number of rotatable bonds is 7. The fourth-order valence-corrected chi connectivity index (χ4v) is 4.95. The van der Waals surface area contributed by atoms with Gasteiger partial charge in [0.05, 0.1) is 11.6 Å². The summed E-state index contributed by atoms with van der Waals surface area (Å²) in [6.07, 6.45) is 5.60. The normalized spacial score (nSPS) is 17.2. The fourth-order valence-electron chi connectivity index (χ4n) is 4.82. The van der Waals surface area contributed by atoms with Crippen molar-refractivity contribution in [2.24, 2.45) is 0 Å². The third kappa shape index (κ3) is 6.04. The smallest absolute Gasteiger partial charge is 0.257 e. The number of nitrogens with zero attached hydrogens (tertiary/aromatic N) is 1. The molecular formula is C30H31ClN4O2. The topological polar surface area (TPSA) is 73.5 Å². The molecule has 0 unspecified atom stereocenters. The molecule has 6 nitrogen and oxygen atoms in total. The lowest BCUT2D eigenvalue weighted by Crippen LogP contribution is -2.29. The first kappa shape index (κ1) is 25.1. The molecule has 1 fully saturated rings. The van der Waals surface area contributed by atoms with Gasteiger partial charge in [-0.2, -0.15) is 0 Å². The van der Waals surface area contributed by atoms with E-state index in [2.05, 4.69) is 33.0 Å². The summed E-state index contributed by atoms with van der Waals surface area (Å²) in [7, 11) is 0. The zero-order valence-corrected chi connectivity index (χ0v) is 21.6. The average Bonchev–Trinajstić information content (AvgIpc) is 3.23. The Morgan fingerprint density at radius 3 is 2.49 bits per heavy atom. The Morgan fingerprint density at radius 1 is 1.03 bits per heavy atom. The summed E-state index contributed by atoms with van der Waals surface area (Å²) in [5.74, 6) is -0.405. The predicted octanol–water partition coefficient (Wildman–Crippen LogP) is 6.22. The second-order valence-electron chi connectivity index (χ2n) is 9.70. The Kier molecular flexibility index (Phi) is 7.58. The minimum absolute atomic E-state index is 0.188. The molecule has 0 bridgehead atoms.